The molecule has 1 saturated heterocycles. The van der Waals surface area contributed by atoms with Crippen LogP contribution in [0.2, 0.25) is 0 Å². The Labute approximate surface area is 123 Å². The zero-order valence-corrected chi connectivity index (χ0v) is 12.3. The molecular weight excluding hydrogens is 296 g/mol. The molecule has 7 nitrogen and oxygen atoms in total. The van der Waals surface area contributed by atoms with Gasteiger partial charge in [-0.05, 0) is 25.0 Å². The quantitative estimate of drug-likeness (QED) is 0.783. The fraction of sp³-hybridized carbons (Fsp3) is 0.462. The number of carboxylic acid groups (broad SMARTS) is 1. The number of nitrogens with zero attached hydrogens (tertiary/aromatic N) is 1. The van der Waals surface area contributed by atoms with Crippen molar-refractivity contribution < 1.29 is 23.4 Å². The van der Waals surface area contributed by atoms with E-state index in [1.807, 2.05) is 0 Å². The van der Waals surface area contributed by atoms with Crippen LogP contribution in [-0.4, -0.2) is 42.0 Å². The lowest BCUT2D eigenvalue weighted by molar-refractivity contribution is 0.0694. The van der Waals surface area contributed by atoms with Crippen molar-refractivity contribution in [1.82, 2.24) is 4.31 Å². The van der Waals surface area contributed by atoms with E-state index in [0.717, 1.165) is 37.8 Å². The summed E-state index contributed by atoms with van der Waals surface area (Å²) in [6.45, 7) is 0.934. The van der Waals surface area contributed by atoms with Crippen LogP contribution in [0.25, 0.3) is 0 Å². The Morgan fingerprint density at radius 3 is 2.29 bits per heavy atom. The number of anilines is 1. The maximum Gasteiger partial charge on any atom is 0.339 e. The standard InChI is InChI=1S/C13H18N2O5S/c16-12-9-10(5-6-11(12)13(17)18)14-21(19,20)15-7-3-1-2-4-8-15/h5-6,9,14,16H,1-4,7-8H2,(H,17,18). The molecule has 0 amide bonds. The first-order valence-electron chi connectivity index (χ1n) is 6.74. The van der Waals surface area contributed by atoms with Gasteiger partial charge >= 0.3 is 16.2 Å². The van der Waals surface area contributed by atoms with Crippen molar-refractivity contribution in [3.8, 4) is 5.75 Å². The van der Waals surface area contributed by atoms with Gasteiger partial charge in [0.05, 0.1) is 5.69 Å². The molecule has 1 aromatic rings. The first-order chi connectivity index (χ1) is 9.90. The van der Waals surface area contributed by atoms with Gasteiger partial charge < -0.3 is 10.2 Å². The molecule has 21 heavy (non-hydrogen) atoms. The molecule has 1 fully saturated rings. The summed E-state index contributed by atoms with van der Waals surface area (Å²) in [7, 11) is -3.68. The van der Waals surface area contributed by atoms with Gasteiger partial charge in [0.2, 0.25) is 0 Å². The zero-order valence-electron chi connectivity index (χ0n) is 11.4. The van der Waals surface area contributed by atoms with Gasteiger partial charge in [0.15, 0.2) is 0 Å². The lowest BCUT2D eigenvalue weighted by Crippen LogP contribution is -2.36. The third-order valence-corrected chi connectivity index (χ3v) is 4.92. The van der Waals surface area contributed by atoms with E-state index in [4.69, 9.17) is 5.11 Å². The fourth-order valence-electron chi connectivity index (χ4n) is 2.27. The molecular formula is C13H18N2O5S. The van der Waals surface area contributed by atoms with Crippen LogP contribution in [0.4, 0.5) is 5.69 Å². The lowest BCUT2D eigenvalue weighted by Gasteiger charge is -2.20. The summed E-state index contributed by atoms with van der Waals surface area (Å²) in [5, 5.41) is 18.4. The summed E-state index contributed by atoms with van der Waals surface area (Å²) in [5.74, 6) is -1.74. The molecule has 1 heterocycles. The molecule has 0 saturated carbocycles. The second kappa shape index (κ2) is 6.31. The minimum atomic E-state index is -3.68. The molecule has 0 spiro atoms. The predicted molar refractivity (Wildman–Crippen MR) is 77.6 cm³/mol. The summed E-state index contributed by atoms with van der Waals surface area (Å²) in [6.07, 6.45) is 3.68. The van der Waals surface area contributed by atoms with E-state index in [2.05, 4.69) is 4.72 Å². The molecule has 1 aliphatic rings. The monoisotopic (exact) mass is 314 g/mol. The van der Waals surface area contributed by atoms with Crippen LogP contribution >= 0.6 is 0 Å². The molecule has 0 aromatic heterocycles. The van der Waals surface area contributed by atoms with Crippen molar-refractivity contribution in [2.75, 3.05) is 17.8 Å². The number of aromatic hydroxyl groups is 1. The Morgan fingerprint density at radius 2 is 1.76 bits per heavy atom. The number of nitrogens with one attached hydrogen (secondary N) is 1. The van der Waals surface area contributed by atoms with E-state index < -0.39 is 21.9 Å². The Kier molecular flexibility index (Phi) is 4.69. The van der Waals surface area contributed by atoms with Crippen molar-refractivity contribution >= 4 is 21.9 Å². The summed E-state index contributed by atoms with van der Waals surface area (Å²) in [4.78, 5) is 10.8. The van der Waals surface area contributed by atoms with Crippen LogP contribution in [0, 0.1) is 0 Å². The SMILES string of the molecule is O=C(O)c1ccc(NS(=O)(=O)N2CCCCCC2)cc1O. The van der Waals surface area contributed by atoms with Gasteiger partial charge in [-0.3, -0.25) is 4.72 Å². The van der Waals surface area contributed by atoms with Crippen LogP contribution < -0.4 is 4.72 Å². The van der Waals surface area contributed by atoms with E-state index in [9.17, 15) is 18.3 Å². The number of hydrogen-bond donors (Lipinski definition) is 3. The summed E-state index contributed by atoms with van der Waals surface area (Å²) in [6, 6.07) is 3.58. The van der Waals surface area contributed by atoms with Crippen LogP contribution in [0.3, 0.4) is 0 Å². The third kappa shape index (κ3) is 3.85. The third-order valence-electron chi connectivity index (χ3n) is 3.38. The first-order valence-corrected chi connectivity index (χ1v) is 8.18. The van der Waals surface area contributed by atoms with Gasteiger partial charge in [-0.2, -0.15) is 12.7 Å². The fourth-order valence-corrected chi connectivity index (χ4v) is 3.56. The molecule has 8 heteroatoms. The summed E-state index contributed by atoms with van der Waals surface area (Å²) >= 11 is 0. The highest BCUT2D eigenvalue weighted by Gasteiger charge is 2.23. The number of carboxylic acids is 1. The first kappa shape index (κ1) is 15.6. The number of phenols is 1. The van der Waals surface area contributed by atoms with E-state index in [1.165, 1.54) is 10.4 Å². The average molecular weight is 314 g/mol. The Hall–Kier alpha value is -1.80. The molecule has 0 aliphatic carbocycles. The lowest BCUT2D eigenvalue weighted by atomic mass is 10.2. The average Bonchev–Trinajstić information content (AvgIpc) is 2.67. The van der Waals surface area contributed by atoms with E-state index in [-0.39, 0.29) is 11.3 Å². The number of aromatic carboxylic acids is 1. The highest BCUT2D eigenvalue weighted by atomic mass is 32.2. The Bertz CT molecular complexity index is 621. The highest BCUT2D eigenvalue weighted by Crippen LogP contribution is 2.24. The van der Waals surface area contributed by atoms with Gasteiger partial charge in [-0.25, -0.2) is 4.79 Å². The molecule has 1 aliphatic heterocycles. The maximum absolute atomic E-state index is 12.3. The van der Waals surface area contributed by atoms with Gasteiger partial charge in [-0.15, -0.1) is 0 Å². The minimum absolute atomic E-state index is 0.141. The molecule has 116 valence electrons. The molecule has 0 bridgehead atoms. The molecule has 2 rings (SSSR count). The minimum Gasteiger partial charge on any atom is -0.507 e. The van der Waals surface area contributed by atoms with Crippen LogP contribution in [-0.2, 0) is 10.2 Å². The Balaban J connectivity index is 2.16. The van der Waals surface area contributed by atoms with Gasteiger partial charge in [0.25, 0.3) is 0 Å². The van der Waals surface area contributed by atoms with Crippen molar-refractivity contribution in [2.24, 2.45) is 0 Å². The maximum atomic E-state index is 12.3. The van der Waals surface area contributed by atoms with E-state index in [0.29, 0.717) is 13.1 Å². The number of rotatable bonds is 4. The zero-order chi connectivity index (χ0) is 15.5. The number of benzene rings is 1. The van der Waals surface area contributed by atoms with Crippen LogP contribution in [0.5, 0.6) is 5.75 Å². The Morgan fingerprint density at radius 1 is 1.14 bits per heavy atom. The van der Waals surface area contributed by atoms with Crippen molar-refractivity contribution in [2.45, 2.75) is 25.7 Å². The van der Waals surface area contributed by atoms with Gasteiger partial charge in [0, 0.05) is 19.2 Å². The van der Waals surface area contributed by atoms with E-state index in [1.54, 1.807) is 0 Å². The largest absolute Gasteiger partial charge is 0.507 e. The number of hydrogen-bond acceptors (Lipinski definition) is 4. The van der Waals surface area contributed by atoms with Crippen molar-refractivity contribution in [3.63, 3.8) is 0 Å². The van der Waals surface area contributed by atoms with Crippen LogP contribution in [0.15, 0.2) is 18.2 Å². The molecule has 1 aromatic carbocycles. The molecule has 0 atom stereocenters. The second-order valence-electron chi connectivity index (χ2n) is 4.96. The summed E-state index contributed by atoms with van der Waals surface area (Å²) in [5.41, 5.74) is -0.130. The number of carbonyl (C=O) groups is 1. The smallest absolute Gasteiger partial charge is 0.339 e. The molecule has 3 N–H and O–H groups in total. The molecule has 0 radical (unpaired) electrons. The van der Waals surface area contributed by atoms with E-state index >= 15 is 0 Å². The van der Waals surface area contributed by atoms with Gasteiger partial charge in [0.1, 0.15) is 11.3 Å². The highest BCUT2D eigenvalue weighted by molar-refractivity contribution is 7.90. The molecule has 0 unspecified atom stereocenters. The van der Waals surface area contributed by atoms with Crippen molar-refractivity contribution in [1.29, 1.82) is 0 Å². The normalized spacial score (nSPS) is 17.1. The summed E-state index contributed by atoms with van der Waals surface area (Å²) < 4.78 is 28.3. The van der Waals surface area contributed by atoms with Crippen molar-refractivity contribution in [3.05, 3.63) is 23.8 Å². The predicted octanol–water partition coefficient (Wildman–Crippen LogP) is 1.62. The second-order valence-corrected chi connectivity index (χ2v) is 6.63. The topological polar surface area (TPSA) is 107 Å². The van der Waals surface area contributed by atoms with Crippen LogP contribution in [0.1, 0.15) is 36.0 Å². The van der Waals surface area contributed by atoms with Gasteiger partial charge in [-0.1, -0.05) is 12.8 Å².